The number of aromatic nitrogens is 2. The van der Waals surface area contributed by atoms with Gasteiger partial charge in [-0.25, -0.2) is 4.39 Å². The summed E-state index contributed by atoms with van der Waals surface area (Å²) in [5.74, 6) is 0.0128. The van der Waals surface area contributed by atoms with E-state index in [9.17, 15) is 9.50 Å². The summed E-state index contributed by atoms with van der Waals surface area (Å²) in [5.41, 5.74) is 0.486. The minimum Gasteiger partial charge on any atom is -0.505 e. The second kappa shape index (κ2) is 5.58. The zero-order valence-corrected chi connectivity index (χ0v) is 10.9. The van der Waals surface area contributed by atoms with E-state index in [1.54, 1.807) is 6.07 Å². The van der Waals surface area contributed by atoms with Crippen LogP contribution in [0.4, 0.5) is 4.39 Å². The smallest absolute Gasteiger partial charge is 0.230 e. The fourth-order valence-corrected chi connectivity index (χ4v) is 2.32. The van der Waals surface area contributed by atoms with Crippen LogP contribution >= 0.6 is 0 Å². The van der Waals surface area contributed by atoms with Gasteiger partial charge in [-0.05, 0) is 37.5 Å². The standard InChI is InChI=1S/C14H15FN2O3/c15-11-8-10(3-4-12(11)18)13-16-14(20-17-13)9-2-1-6-19-7-5-9/h3-4,8-9,18H,1-2,5-7H2. The summed E-state index contributed by atoms with van der Waals surface area (Å²) < 4.78 is 24.0. The van der Waals surface area contributed by atoms with Crippen molar-refractivity contribution in [3.63, 3.8) is 0 Å². The Morgan fingerprint density at radius 3 is 3.00 bits per heavy atom. The van der Waals surface area contributed by atoms with Crippen LogP contribution in [0.2, 0.25) is 0 Å². The molecule has 0 saturated carbocycles. The maximum absolute atomic E-state index is 13.3. The first-order chi connectivity index (χ1) is 9.74. The lowest BCUT2D eigenvalue weighted by atomic mass is 10.0. The molecule has 5 nitrogen and oxygen atoms in total. The first-order valence-corrected chi connectivity index (χ1v) is 6.64. The Kier molecular flexibility index (Phi) is 3.64. The highest BCUT2D eigenvalue weighted by molar-refractivity contribution is 5.55. The molecule has 106 valence electrons. The maximum atomic E-state index is 13.3. The zero-order valence-electron chi connectivity index (χ0n) is 10.9. The highest BCUT2D eigenvalue weighted by atomic mass is 19.1. The molecule has 3 rings (SSSR count). The van der Waals surface area contributed by atoms with Gasteiger partial charge in [-0.2, -0.15) is 4.98 Å². The van der Waals surface area contributed by atoms with E-state index in [4.69, 9.17) is 9.26 Å². The van der Waals surface area contributed by atoms with Crippen molar-refractivity contribution in [3.8, 4) is 17.1 Å². The van der Waals surface area contributed by atoms with Crippen LogP contribution < -0.4 is 0 Å². The number of rotatable bonds is 2. The van der Waals surface area contributed by atoms with Gasteiger partial charge in [0.15, 0.2) is 11.6 Å². The summed E-state index contributed by atoms with van der Waals surface area (Å²) in [4.78, 5) is 4.33. The van der Waals surface area contributed by atoms with Crippen LogP contribution in [-0.4, -0.2) is 28.5 Å². The van der Waals surface area contributed by atoms with Gasteiger partial charge in [-0.3, -0.25) is 0 Å². The summed E-state index contributed by atoms with van der Waals surface area (Å²) in [6, 6.07) is 4.03. The predicted molar refractivity (Wildman–Crippen MR) is 68.8 cm³/mol. The largest absolute Gasteiger partial charge is 0.505 e. The molecule has 2 heterocycles. The first kappa shape index (κ1) is 13.1. The van der Waals surface area contributed by atoms with E-state index >= 15 is 0 Å². The van der Waals surface area contributed by atoms with Crippen LogP contribution in [0, 0.1) is 5.82 Å². The van der Waals surface area contributed by atoms with Gasteiger partial charge in [0, 0.05) is 24.7 Å². The van der Waals surface area contributed by atoms with Gasteiger partial charge < -0.3 is 14.4 Å². The van der Waals surface area contributed by atoms with Crippen molar-refractivity contribution in [1.29, 1.82) is 0 Å². The molecule has 1 unspecified atom stereocenters. The Bertz CT molecular complexity index is 592. The quantitative estimate of drug-likeness (QED) is 0.914. The van der Waals surface area contributed by atoms with E-state index in [0.717, 1.165) is 25.9 Å². The Morgan fingerprint density at radius 1 is 1.25 bits per heavy atom. The zero-order chi connectivity index (χ0) is 13.9. The van der Waals surface area contributed by atoms with Gasteiger partial charge in [0.2, 0.25) is 11.7 Å². The Labute approximate surface area is 115 Å². The van der Waals surface area contributed by atoms with Crippen molar-refractivity contribution in [3.05, 3.63) is 29.9 Å². The Hall–Kier alpha value is -1.95. The van der Waals surface area contributed by atoms with Crippen molar-refractivity contribution >= 4 is 0 Å². The van der Waals surface area contributed by atoms with E-state index in [0.29, 0.717) is 23.9 Å². The molecule has 0 amide bonds. The number of aromatic hydroxyl groups is 1. The lowest BCUT2D eigenvalue weighted by Gasteiger charge is -2.06. The normalized spacial score (nSPS) is 19.8. The number of benzene rings is 1. The third kappa shape index (κ3) is 2.65. The topological polar surface area (TPSA) is 68.4 Å². The third-order valence-corrected chi connectivity index (χ3v) is 3.45. The summed E-state index contributed by atoms with van der Waals surface area (Å²) >= 11 is 0. The second-order valence-electron chi connectivity index (χ2n) is 4.86. The van der Waals surface area contributed by atoms with Crippen molar-refractivity contribution in [2.75, 3.05) is 13.2 Å². The number of nitrogens with zero attached hydrogens (tertiary/aromatic N) is 2. The number of hydrogen-bond acceptors (Lipinski definition) is 5. The molecule has 20 heavy (non-hydrogen) atoms. The van der Waals surface area contributed by atoms with Crippen molar-refractivity contribution < 1.29 is 18.8 Å². The van der Waals surface area contributed by atoms with Crippen LogP contribution in [0.25, 0.3) is 11.4 Å². The van der Waals surface area contributed by atoms with Gasteiger partial charge in [-0.1, -0.05) is 5.16 Å². The van der Waals surface area contributed by atoms with Crippen molar-refractivity contribution in [1.82, 2.24) is 10.1 Å². The molecule has 0 bridgehead atoms. The van der Waals surface area contributed by atoms with Gasteiger partial charge in [-0.15, -0.1) is 0 Å². The minimum atomic E-state index is -0.697. The van der Waals surface area contributed by atoms with Gasteiger partial charge in [0.1, 0.15) is 0 Å². The summed E-state index contributed by atoms with van der Waals surface area (Å²) in [5, 5.41) is 13.1. The summed E-state index contributed by atoms with van der Waals surface area (Å²) in [7, 11) is 0. The highest BCUT2D eigenvalue weighted by Gasteiger charge is 2.21. The van der Waals surface area contributed by atoms with Crippen LogP contribution in [0.5, 0.6) is 5.75 Å². The molecule has 1 N–H and O–H groups in total. The molecule has 6 heteroatoms. The average Bonchev–Trinajstić information content (AvgIpc) is 2.78. The number of phenols is 1. The van der Waals surface area contributed by atoms with E-state index in [-0.39, 0.29) is 5.92 Å². The monoisotopic (exact) mass is 278 g/mol. The fourth-order valence-electron chi connectivity index (χ4n) is 2.32. The van der Waals surface area contributed by atoms with E-state index < -0.39 is 11.6 Å². The molecule has 1 fully saturated rings. The van der Waals surface area contributed by atoms with Crippen LogP contribution in [0.15, 0.2) is 22.7 Å². The molecule has 1 aromatic heterocycles. The predicted octanol–water partition coefficient (Wildman–Crippen LogP) is 2.87. The molecule has 1 aliphatic heterocycles. The third-order valence-electron chi connectivity index (χ3n) is 3.45. The van der Waals surface area contributed by atoms with Crippen LogP contribution in [0.1, 0.15) is 31.1 Å². The van der Waals surface area contributed by atoms with Gasteiger partial charge in [0.25, 0.3) is 0 Å². The Morgan fingerprint density at radius 2 is 2.15 bits per heavy atom. The van der Waals surface area contributed by atoms with E-state index in [1.165, 1.54) is 12.1 Å². The van der Waals surface area contributed by atoms with Gasteiger partial charge in [0.05, 0.1) is 0 Å². The lowest BCUT2D eigenvalue weighted by Crippen LogP contribution is -1.99. The van der Waals surface area contributed by atoms with Gasteiger partial charge >= 0.3 is 0 Å². The molecule has 0 radical (unpaired) electrons. The number of ether oxygens (including phenoxy) is 1. The van der Waals surface area contributed by atoms with Crippen LogP contribution in [0.3, 0.4) is 0 Å². The number of hydrogen-bond donors (Lipinski definition) is 1. The van der Waals surface area contributed by atoms with Crippen molar-refractivity contribution in [2.24, 2.45) is 0 Å². The lowest BCUT2D eigenvalue weighted by molar-refractivity contribution is 0.142. The molecule has 0 aliphatic carbocycles. The minimum absolute atomic E-state index is 0.195. The molecule has 1 aromatic carbocycles. The maximum Gasteiger partial charge on any atom is 0.230 e. The molecule has 1 atom stereocenters. The SMILES string of the molecule is Oc1ccc(-c2noc(C3CCCOCC3)n2)cc1F. The fraction of sp³-hybridized carbons (Fsp3) is 0.429. The van der Waals surface area contributed by atoms with Crippen LogP contribution in [-0.2, 0) is 4.74 Å². The van der Waals surface area contributed by atoms with E-state index in [1.807, 2.05) is 0 Å². The molecule has 1 saturated heterocycles. The summed E-state index contributed by atoms with van der Waals surface area (Å²) in [6.45, 7) is 1.46. The molecular weight excluding hydrogens is 263 g/mol. The summed E-state index contributed by atoms with van der Waals surface area (Å²) in [6.07, 6.45) is 2.77. The van der Waals surface area contributed by atoms with E-state index in [2.05, 4.69) is 10.1 Å². The molecule has 1 aliphatic rings. The average molecular weight is 278 g/mol. The number of phenolic OH excluding ortho intramolecular Hbond substituents is 1. The second-order valence-corrected chi connectivity index (χ2v) is 4.86. The first-order valence-electron chi connectivity index (χ1n) is 6.64. The molecule has 2 aromatic rings. The molecular formula is C14H15FN2O3. The Balaban J connectivity index is 1.83. The number of halogens is 1. The molecule has 0 spiro atoms. The highest BCUT2D eigenvalue weighted by Crippen LogP contribution is 2.28. The van der Waals surface area contributed by atoms with Crippen molar-refractivity contribution in [2.45, 2.75) is 25.2 Å².